The standard InChI is InChI=1S/C12H14N6O3/c1-17(2)12(19)8-3-4-10(18(20)21)9(5-8)13-6-11-14-7-15-16-11/h3-5,7,13H,6H2,1-2H3,(H,14,15,16). The van der Waals surface area contributed by atoms with E-state index in [2.05, 4.69) is 20.5 Å². The Labute approximate surface area is 120 Å². The van der Waals surface area contributed by atoms with Crippen molar-refractivity contribution in [2.75, 3.05) is 19.4 Å². The third-order valence-electron chi connectivity index (χ3n) is 2.76. The Morgan fingerprint density at radius 2 is 2.24 bits per heavy atom. The summed E-state index contributed by atoms with van der Waals surface area (Å²) in [5.74, 6) is 0.307. The van der Waals surface area contributed by atoms with Gasteiger partial charge in [-0.25, -0.2) is 4.98 Å². The number of carbonyl (C=O) groups excluding carboxylic acids is 1. The highest BCUT2D eigenvalue weighted by Crippen LogP contribution is 2.26. The van der Waals surface area contributed by atoms with Crippen molar-refractivity contribution in [2.24, 2.45) is 0 Å². The number of hydrogen-bond donors (Lipinski definition) is 2. The largest absolute Gasteiger partial charge is 0.372 e. The molecule has 1 amide bonds. The van der Waals surface area contributed by atoms with Crippen molar-refractivity contribution in [1.82, 2.24) is 20.1 Å². The molecule has 0 bridgehead atoms. The quantitative estimate of drug-likeness (QED) is 0.627. The van der Waals surface area contributed by atoms with E-state index in [1.807, 2.05) is 0 Å². The van der Waals surface area contributed by atoms with Crippen molar-refractivity contribution >= 4 is 17.3 Å². The lowest BCUT2D eigenvalue weighted by molar-refractivity contribution is -0.384. The lowest BCUT2D eigenvalue weighted by Crippen LogP contribution is -2.21. The Hall–Kier alpha value is -2.97. The van der Waals surface area contributed by atoms with Crippen LogP contribution in [0.3, 0.4) is 0 Å². The van der Waals surface area contributed by atoms with Crippen LogP contribution in [0, 0.1) is 10.1 Å². The summed E-state index contributed by atoms with van der Waals surface area (Å²) in [4.78, 5) is 27.8. The first kappa shape index (κ1) is 14.4. The molecular weight excluding hydrogens is 276 g/mol. The Balaban J connectivity index is 2.28. The molecule has 21 heavy (non-hydrogen) atoms. The topological polar surface area (TPSA) is 117 Å². The van der Waals surface area contributed by atoms with E-state index in [0.717, 1.165) is 0 Å². The van der Waals surface area contributed by atoms with Gasteiger partial charge in [0.15, 0.2) is 0 Å². The molecule has 2 rings (SSSR count). The fraction of sp³-hybridized carbons (Fsp3) is 0.250. The average molecular weight is 290 g/mol. The van der Waals surface area contributed by atoms with Crippen LogP contribution in [0.15, 0.2) is 24.5 Å². The molecule has 1 heterocycles. The van der Waals surface area contributed by atoms with Gasteiger partial charge < -0.3 is 10.2 Å². The summed E-state index contributed by atoms with van der Waals surface area (Å²) < 4.78 is 0. The summed E-state index contributed by atoms with van der Waals surface area (Å²) in [7, 11) is 3.23. The second-order valence-corrected chi connectivity index (χ2v) is 4.47. The van der Waals surface area contributed by atoms with Gasteiger partial charge in [-0.2, -0.15) is 5.10 Å². The van der Waals surface area contributed by atoms with Crippen LogP contribution in [0.5, 0.6) is 0 Å². The number of H-pyrrole nitrogens is 1. The van der Waals surface area contributed by atoms with E-state index in [0.29, 0.717) is 11.4 Å². The van der Waals surface area contributed by atoms with Crippen molar-refractivity contribution in [3.05, 3.63) is 46.0 Å². The van der Waals surface area contributed by atoms with E-state index in [1.165, 1.54) is 29.4 Å². The van der Waals surface area contributed by atoms with Crippen LogP contribution in [-0.2, 0) is 6.54 Å². The number of nitrogens with zero attached hydrogens (tertiary/aromatic N) is 4. The second kappa shape index (κ2) is 5.99. The highest BCUT2D eigenvalue weighted by atomic mass is 16.6. The number of nitro groups is 1. The van der Waals surface area contributed by atoms with Crippen molar-refractivity contribution in [1.29, 1.82) is 0 Å². The molecule has 2 N–H and O–H groups in total. The van der Waals surface area contributed by atoms with Gasteiger partial charge in [-0.1, -0.05) is 0 Å². The molecule has 0 unspecified atom stereocenters. The molecule has 9 heteroatoms. The molecule has 9 nitrogen and oxygen atoms in total. The van der Waals surface area contributed by atoms with Crippen LogP contribution < -0.4 is 5.32 Å². The molecule has 1 aromatic carbocycles. The maximum atomic E-state index is 11.9. The van der Waals surface area contributed by atoms with E-state index < -0.39 is 4.92 Å². The number of aromatic nitrogens is 3. The molecule has 0 aliphatic rings. The summed E-state index contributed by atoms with van der Waals surface area (Å²) in [5, 5.41) is 20.3. The lowest BCUT2D eigenvalue weighted by atomic mass is 10.1. The van der Waals surface area contributed by atoms with Gasteiger partial charge >= 0.3 is 0 Å². The molecule has 0 fully saturated rings. The molecule has 0 aliphatic heterocycles. The van der Waals surface area contributed by atoms with Gasteiger partial charge in [0.05, 0.1) is 11.5 Å². The Kier molecular flexibility index (Phi) is 4.12. The number of benzene rings is 1. The summed E-state index contributed by atoms with van der Waals surface area (Å²) in [6.07, 6.45) is 1.34. The van der Waals surface area contributed by atoms with E-state index in [9.17, 15) is 14.9 Å². The molecule has 0 saturated heterocycles. The average Bonchev–Trinajstić information content (AvgIpc) is 2.97. The maximum Gasteiger partial charge on any atom is 0.292 e. The van der Waals surface area contributed by atoms with Crippen LogP contribution in [0.25, 0.3) is 0 Å². The fourth-order valence-electron chi connectivity index (χ4n) is 1.72. The van der Waals surface area contributed by atoms with Crippen LogP contribution in [0.2, 0.25) is 0 Å². The molecule has 0 saturated carbocycles. The van der Waals surface area contributed by atoms with Gasteiger partial charge in [-0.3, -0.25) is 20.0 Å². The van der Waals surface area contributed by atoms with Crippen molar-refractivity contribution in [3.8, 4) is 0 Å². The molecule has 0 radical (unpaired) electrons. The first-order valence-electron chi connectivity index (χ1n) is 6.07. The van der Waals surface area contributed by atoms with Crippen molar-refractivity contribution in [3.63, 3.8) is 0 Å². The third-order valence-corrected chi connectivity index (χ3v) is 2.76. The zero-order valence-corrected chi connectivity index (χ0v) is 11.5. The van der Waals surface area contributed by atoms with Gasteiger partial charge in [-0.05, 0) is 12.1 Å². The minimum Gasteiger partial charge on any atom is -0.372 e. The summed E-state index contributed by atoms with van der Waals surface area (Å²) >= 11 is 0. The molecular formula is C12H14N6O3. The SMILES string of the molecule is CN(C)C(=O)c1ccc([N+](=O)[O-])c(NCc2ncn[nH]2)c1. The van der Waals surface area contributed by atoms with E-state index in [1.54, 1.807) is 14.1 Å². The van der Waals surface area contributed by atoms with E-state index in [4.69, 9.17) is 0 Å². The summed E-state index contributed by atoms with van der Waals surface area (Å²) in [6.45, 7) is 0.237. The molecule has 0 aliphatic carbocycles. The van der Waals surface area contributed by atoms with Crippen LogP contribution >= 0.6 is 0 Å². The van der Waals surface area contributed by atoms with Gasteiger partial charge in [0.2, 0.25) is 0 Å². The number of carbonyl (C=O) groups is 1. The predicted molar refractivity (Wildman–Crippen MR) is 74.8 cm³/mol. The molecule has 0 spiro atoms. The van der Waals surface area contributed by atoms with Crippen LogP contribution in [-0.4, -0.2) is 45.0 Å². The number of anilines is 1. The number of nitrogens with one attached hydrogen (secondary N) is 2. The fourth-order valence-corrected chi connectivity index (χ4v) is 1.72. The van der Waals surface area contributed by atoms with Crippen LogP contribution in [0.1, 0.15) is 16.2 Å². The summed E-state index contributed by atoms with van der Waals surface area (Å²) in [6, 6.07) is 4.19. The monoisotopic (exact) mass is 290 g/mol. The zero-order chi connectivity index (χ0) is 15.4. The highest BCUT2D eigenvalue weighted by molar-refractivity contribution is 5.95. The normalized spacial score (nSPS) is 10.2. The van der Waals surface area contributed by atoms with Crippen molar-refractivity contribution < 1.29 is 9.72 Å². The first-order chi connectivity index (χ1) is 9.99. The number of nitro benzene ring substituents is 1. The lowest BCUT2D eigenvalue weighted by Gasteiger charge is -2.12. The van der Waals surface area contributed by atoms with Crippen molar-refractivity contribution in [2.45, 2.75) is 6.54 Å². The number of hydrogen-bond acceptors (Lipinski definition) is 6. The molecule has 110 valence electrons. The van der Waals surface area contributed by atoms with Gasteiger partial charge in [0, 0.05) is 25.7 Å². The Morgan fingerprint density at radius 1 is 1.48 bits per heavy atom. The highest BCUT2D eigenvalue weighted by Gasteiger charge is 2.17. The Morgan fingerprint density at radius 3 is 2.81 bits per heavy atom. The number of amides is 1. The molecule has 1 aromatic heterocycles. The number of rotatable bonds is 5. The smallest absolute Gasteiger partial charge is 0.292 e. The van der Waals surface area contributed by atoms with Crippen LogP contribution in [0.4, 0.5) is 11.4 Å². The van der Waals surface area contributed by atoms with E-state index in [-0.39, 0.29) is 23.8 Å². The zero-order valence-electron chi connectivity index (χ0n) is 11.5. The van der Waals surface area contributed by atoms with E-state index >= 15 is 0 Å². The molecule has 2 aromatic rings. The second-order valence-electron chi connectivity index (χ2n) is 4.47. The Bertz CT molecular complexity index is 653. The number of aromatic amines is 1. The third kappa shape index (κ3) is 3.32. The summed E-state index contributed by atoms with van der Waals surface area (Å²) in [5.41, 5.74) is 0.514. The predicted octanol–water partition coefficient (Wildman–Crippen LogP) is 1.03. The first-order valence-corrected chi connectivity index (χ1v) is 6.07. The maximum absolute atomic E-state index is 11.9. The van der Waals surface area contributed by atoms with Gasteiger partial charge in [-0.15, -0.1) is 0 Å². The van der Waals surface area contributed by atoms with Gasteiger partial charge in [0.25, 0.3) is 11.6 Å². The van der Waals surface area contributed by atoms with Gasteiger partial charge in [0.1, 0.15) is 17.8 Å². The minimum absolute atomic E-state index is 0.107. The molecule has 0 atom stereocenters. The minimum atomic E-state index is -0.507.